The second-order valence-electron chi connectivity index (χ2n) is 3.88. The SMILES string of the molecule is C[N+](C)(C)CC([14CH3])OP(=O)(O)O. The van der Waals surface area contributed by atoms with Gasteiger partial charge in [0.05, 0.1) is 21.1 Å². The van der Waals surface area contributed by atoms with E-state index in [2.05, 4.69) is 4.52 Å². The molecule has 5 nitrogen and oxygen atoms in total. The van der Waals surface area contributed by atoms with Gasteiger partial charge in [0.2, 0.25) is 0 Å². The zero-order valence-corrected chi connectivity index (χ0v) is 8.78. The van der Waals surface area contributed by atoms with Crippen LogP contribution in [0.25, 0.3) is 0 Å². The molecule has 6 heteroatoms. The standard InChI is InChI=1S/C6H16NO4P/c1-6(5-7(2,3)4)11-12(8,9)10/h6H,5H2,1-4H3,(H-,8,9,10)/p+1/i1+2. The molecule has 74 valence electrons. The van der Waals surface area contributed by atoms with Crippen molar-refractivity contribution in [1.29, 1.82) is 0 Å². The first-order valence-corrected chi connectivity index (χ1v) is 5.17. The largest absolute Gasteiger partial charge is 0.470 e. The summed E-state index contributed by atoms with van der Waals surface area (Å²) in [5.41, 5.74) is 0. The van der Waals surface area contributed by atoms with E-state index in [0.29, 0.717) is 11.0 Å². The molecule has 0 aromatic carbocycles. The van der Waals surface area contributed by atoms with Gasteiger partial charge in [0.1, 0.15) is 12.6 Å². The van der Waals surface area contributed by atoms with Gasteiger partial charge in [-0.1, -0.05) is 0 Å². The maximum Gasteiger partial charge on any atom is 0.470 e. The topological polar surface area (TPSA) is 66.8 Å². The molecule has 0 heterocycles. The lowest BCUT2D eigenvalue weighted by molar-refractivity contribution is -0.873. The highest BCUT2D eigenvalue weighted by Gasteiger charge is 2.23. The van der Waals surface area contributed by atoms with Crippen molar-refractivity contribution in [2.24, 2.45) is 0 Å². The number of hydrogen-bond acceptors (Lipinski definition) is 2. The Morgan fingerprint density at radius 3 is 2.17 bits per heavy atom. The first-order valence-electron chi connectivity index (χ1n) is 3.64. The van der Waals surface area contributed by atoms with Gasteiger partial charge in [-0.3, -0.25) is 4.52 Å². The second kappa shape index (κ2) is 3.85. The van der Waals surface area contributed by atoms with Crippen molar-refractivity contribution in [3.8, 4) is 0 Å². The lowest BCUT2D eigenvalue weighted by Gasteiger charge is -2.27. The third-order valence-electron chi connectivity index (χ3n) is 1.12. The molecule has 0 spiro atoms. The summed E-state index contributed by atoms with van der Waals surface area (Å²) in [4.78, 5) is 16.9. The van der Waals surface area contributed by atoms with Crippen LogP contribution in [-0.4, -0.2) is 48.1 Å². The fraction of sp³-hybridized carbons (Fsp3) is 1.00. The van der Waals surface area contributed by atoms with E-state index in [1.54, 1.807) is 6.92 Å². The van der Waals surface area contributed by atoms with Crippen LogP contribution in [0.15, 0.2) is 0 Å². The number of quaternary nitrogens is 1. The van der Waals surface area contributed by atoms with Gasteiger partial charge in [-0.2, -0.15) is 0 Å². The van der Waals surface area contributed by atoms with Crippen LogP contribution in [0.4, 0.5) is 0 Å². The fourth-order valence-corrected chi connectivity index (χ4v) is 1.57. The predicted octanol–water partition coefficient (Wildman–Crippen LogP) is 0.190. The maximum absolute atomic E-state index is 10.4. The zero-order chi connectivity index (χ0) is 9.99. The molecular formula is C6H17NO4P+. The molecule has 0 aliphatic rings. The normalized spacial score (nSPS) is 16.2. The van der Waals surface area contributed by atoms with Gasteiger partial charge in [-0.25, -0.2) is 4.57 Å². The van der Waals surface area contributed by atoms with Gasteiger partial charge in [0.15, 0.2) is 0 Å². The molecule has 0 amide bonds. The molecule has 1 unspecified atom stereocenters. The van der Waals surface area contributed by atoms with E-state index in [9.17, 15) is 4.57 Å². The minimum absolute atomic E-state index is 0.439. The Balaban J connectivity index is 3.91. The van der Waals surface area contributed by atoms with Crippen molar-refractivity contribution in [3.63, 3.8) is 0 Å². The lowest BCUT2D eigenvalue weighted by atomic mass is 10.5. The van der Waals surface area contributed by atoms with E-state index in [4.69, 9.17) is 9.79 Å². The summed E-state index contributed by atoms with van der Waals surface area (Å²) in [5.74, 6) is 0. The molecule has 0 saturated heterocycles. The van der Waals surface area contributed by atoms with Crippen LogP contribution >= 0.6 is 7.82 Å². The average Bonchev–Trinajstić information content (AvgIpc) is 1.49. The third-order valence-corrected chi connectivity index (χ3v) is 1.76. The van der Waals surface area contributed by atoms with Crippen molar-refractivity contribution < 1.29 is 23.4 Å². The summed E-state index contributed by atoms with van der Waals surface area (Å²) in [7, 11) is 1.47. The summed E-state index contributed by atoms with van der Waals surface area (Å²) >= 11 is 0. The first-order chi connectivity index (χ1) is 5.10. The Hall–Kier alpha value is 0.0700. The highest BCUT2D eigenvalue weighted by atomic mass is 31.2. The van der Waals surface area contributed by atoms with Crippen molar-refractivity contribution in [3.05, 3.63) is 0 Å². The van der Waals surface area contributed by atoms with Crippen LogP contribution in [-0.2, 0) is 9.09 Å². The minimum atomic E-state index is -4.32. The zero-order valence-electron chi connectivity index (χ0n) is 7.89. The van der Waals surface area contributed by atoms with Crippen molar-refractivity contribution in [2.45, 2.75) is 13.0 Å². The quantitative estimate of drug-likeness (QED) is 0.502. The summed E-state index contributed by atoms with van der Waals surface area (Å²) in [6, 6.07) is 0. The Kier molecular flexibility index (Phi) is 3.87. The molecule has 0 bridgehead atoms. The first kappa shape index (κ1) is 12.1. The lowest BCUT2D eigenvalue weighted by Crippen LogP contribution is -2.41. The van der Waals surface area contributed by atoms with Crippen LogP contribution < -0.4 is 0 Å². The molecule has 0 saturated carbocycles. The summed E-state index contributed by atoms with van der Waals surface area (Å²) in [6.07, 6.45) is -0.439. The molecule has 0 aromatic heterocycles. The molecule has 0 aliphatic heterocycles. The van der Waals surface area contributed by atoms with Crippen LogP contribution in [0.3, 0.4) is 0 Å². The van der Waals surface area contributed by atoms with Gasteiger partial charge >= 0.3 is 7.82 Å². The van der Waals surface area contributed by atoms with Gasteiger partial charge in [-0.15, -0.1) is 0 Å². The molecule has 0 rings (SSSR count). The summed E-state index contributed by atoms with van der Waals surface area (Å²) in [6.45, 7) is 2.20. The molecule has 0 fully saturated rings. The Labute approximate surface area is 72.8 Å². The maximum atomic E-state index is 10.4. The Bertz CT molecular complexity index is 182. The van der Waals surface area contributed by atoms with E-state index in [1.807, 2.05) is 21.1 Å². The minimum Gasteiger partial charge on any atom is -0.329 e. The number of rotatable bonds is 4. The molecule has 12 heavy (non-hydrogen) atoms. The molecule has 1 atom stereocenters. The second-order valence-corrected chi connectivity index (χ2v) is 5.07. The molecule has 0 radical (unpaired) electrons. The van der Waals surface area contributed by atoms with E-state index in [-0.39, 0.29) is 0 Å². The molecule has 0 aliphatic carbocycles. The summed E-state index contributed by atoms with van der Waals surface area (Å²) in [5, 5.41) is 0. The van der Waals surface area contributed by atoms with Gasteiger partial charge in [-0.05, 0) is 6.92 Å². The van der Waals surface area contributed by atoms with Crippen LogP contribution in [0, 0.1) is 0 Å². The van der Waals surface area contributed by atoms with E-state index >= 15 is 0 Å². The number of nitrogens with zero attached hydrogens (tertiary/aromatic N) is 1. The molecular weight excluding hydrogens is 183 g/mol. The summed E-state index contributed by atoms with van der Waals surface area (Å²) < 4.78 is 15.5. The predicted molar refractivity (Wildman–Crippen MR) is 45.5 cm³/mol. The smallest absolute Gasteiger partial charge is 0.329 e. The highest BCUT2D eigenvalue weighted by molar-refractivity contribution is 7.46. The molecule has 0 aromatic rings. The van der Waals surface area contributed by atoms with Gasteiger partial charge in [0, 0.05) is 0 Å². The van der Waals surface area contributed by atoms with Crippen LogP contribution in [0.5, 0.6) is 0 Å². The number of hydrogen-bond donors (Lipinski definition) is 2. The Morgan fingerprint density at radius 1 is 1.50 bits per heavy atom. The number of phosphoric acid groups is 1. The van der Waals surface area contributed by atoms with E-state index in [0.717, 1.165) is 0 Å². The van der Waals surface area contributed by atoms with Crippen LogP contribution in [0.2, 0.25) is 0 Å². The van der Waals surface area contributed by atoms with E-state index in [1.165, 1.54) is 0 Å². The number of likely N-dealkylation sites (N-methyl/N-ethyl adjacent to an activating group) is 1. The Morgan fingerprint density at radius 2 is 1.92 bits per heavy atom. The number of phosphoric ester groups is 1. The van der Waals surface area contributed by atoms with Crippen LogP contribution in [0.1, 0.15) is 6.92 Å². The van der Waals surface area contributed by atoms with Crippen molar-refractivity contribution in [1.82, 2.24) is 0 Å². The van der Waals surface area contributed by atoms with Crippen molar-refractivity contribution in [2.75, 3.05) is 27.7 Å². The average molecular weight is 200 g/mol. The monoisotopic (exact) mass is 200 g/mol. The third kappa shape index (κ3) is 8.17. The van der Waals surface area contributed by atoms with E-state index < -0.39 is 13.9 Å². The van der Waals surface area contributed by atoms with Gasteiger partial charge in [0.25, 0.3) is 0 Å². The molecule has 2 N–H and O–H groups in total. The van der Waals surface area contributed by atoms with Crippen molar-refractivity contribution >= 4 is 7.82 Å². The highest BCUT2D eigenvalue weighted by Crippen LogP contribution is 2.37. The fourth-order valence-electron chi connectivity index (χ4n) is 1.04. The van der Waals surface area contributed by atoms with Gasteiger partial charge < -0.3 is 14.3 Å².